The van der Waals surface area contributed by atoms with Crippen LogP contribution in [0.4, 0.5) is 0 Å². The van der Waals surface area contributed by atoms with Crippen LogP contribution in [0.25, 0.3) is 10.9 Å². The quantitative estimate of drug-likeness (QED) is 0.303. The van der Waals surface area contributed by atoms with Crippen LogP contribution in [-0.4, -0.2) is 59.0 Å². The molecule has 0 saturated heterocycles. The highest BCUT2D eigenvalue weighted by Crippen LogP contribution is 2.36. The second-order valence-electron chi connectivity index (χ2n) is 9.71. The van der Waals surface area contributed by atoms with Gasteiger partial charge >= 0.3 is 0 Å². The summed E-state index contributed by atoms with van der Waals surface area (Å²) in [5.74, 6) is 1.26. The van der Waals surface area contributed by atoms with E-state index in [2.05, 4.69) is 9.88 Å². The lowest BCUT2D eigenvalue weighted by Crippen LogP contribution is -2.35. The first-order valence-corrected chi connectivity index (χ1v) is 13.4. The zero-order valence-corrected chi connectivity index (χ0v) is 22.5. The number of hydrogen-bond acceptors (Lipinski definition) is 7. The maximum Gasteiger partial charge on any atom is 0.252 e. The van der Waals surface area contributed by atoms with E-state index in [1.54, 1.807) is 42.6 Å². The average Bonchev–Trinajstić information content (AvgIpc) is 3.71. The van der Waals surface area contributed by atoms with E-state index < -0.39 is 12.0 Å². The summed E-state index contributed by atoms with van der Waals surface area (Å²) < 4.78 is 11.9. The third-order valence-corrected chi connectivity index (χ3v) is 7.07. The molecule has 0 unspecified atom stereocenters. The summed E-state index contributed by atoms with van der Waals surface area (Å²) in [5.41, 5.74) is 7.12. The van der Waals surface area contributed by atoms with Crippen LogP contribution in [0.2, 0.25) is 5.02 Å². The van der Waals surface area contributed by atoms with E-state index in [1.807, 2.05) is 13.8 Å². The lowest BCUT2D eigenvalue weighted by molar-refractivity contribution is -0.118. The Bertz CT molecular complexity index is 1310. The molecule has 8 nitrogen and oxygen atoms in total. The van der Waals surface area contributed by atoms with Gasteiger partial charge in [-0.3, -0.25) is 14.6 Å². The Kier molecular flexibility index (Phi) is 9.20. The fourth-order valence-electron chi connectivity index (χ4n) is 4.36. The Morgan fingerprint density at radius 3 is 2.58 bits per heavy atom. The normalized spacial score (nSPS) is 14.0. The van der Waals surface area contributed by atoms with E-state index in [0.29, 0.717) is 52.7 Å². The van der Waals surface area contributed by atoms with Crippen LogP contribution in [0.15, 0.2) is 42.6 Å². The summed E-state index contributed by atoms with van der Waals surface area (Å²) in [6.07, 6.45) is 4.05. The van der Waals surface area contributed by atoms with Crippen molar-refractivity contribution in [1.82, 2.24) is 9.88 Å². The molecule has 38 heavy (non-hydrogen) atoms. The Labute approximate surface area is 227 Å². The van der Waals surface area contributed by atoms with Gasteiger partial charge in [0, 0.05) is 42.1 Å². The molecule has 3 aromatic rings. The number of aliphatic hydroxyl groups is 1. The van der Waals surface area contributed by atoms with Crippen molar-refractivity contribution in [3.05, 3.63) is 58.7 Å². The minimum Gasteiger partial charge on any atom is -0.490 e. The number of carbonyl (C=O) groups is 2. The lowest BCUT2D eigenvalue weighted by Gasteiger charge is -2.22. The van der Waals surface area contributed by atoms with E-state index in [0.717, 1.165) is 31.5 Å². The highest BCUT2D eigenvalue weighted by Gasteiger charge is 2.24. The van der Waals surface area contributed by atoms with Crippen molar-refractivity contribution in [1.29, 1.82) is 0 Å². The number of Topliss-reactive ketones (excluding diaryl/α,β-unsaturated/α-hetero) is 1. The van der Waals surface area contributed by atoms with Crippen LogP contribution in [-0.2, 0) is 11.2 Å². The highest BCUT2D eigenvalue weighted by atomic mass is 35.5. The number of ketones is 1. The number of pyridine rings is 1. The topological polar surface area (TPSA) is 115 Å². The number of nitrogens with two attached hydrogens (primary N) is 1. The molecule has 1 saturated carbocycles. The Morgan fingerprint density at radius 1 is 1.16 bits per heavy atom. The van der Waals surface area contributed by atoms with Gasteiger partial charge in [-0.25, -0.2) is 0 Å². The van der Waals surface area contributed by atoms with E-state index >= 15 is 0 Å². The molecule has 0 spiro atoms. The minimum atomic E-state index is -0.731. The molecule has 9 heteroatoms. The molecular formula is C29H34ClN3O5. The molecule has 1 amide bonds. The fourth-order valence-corrected chi connectivity index (χ4v) is 4.60. The van der Waals surface area contributed by atoms with Gasteiger partial charge in [-0.15, -0.1) is 0 Å². The van der Waals surface area contributed by atoms with Crippen LogP contribution in [0, 0.1) is 5.92 Å². The summed E-state index contributed by atoms with van der Waals surface area (Å²) >= 11 is 6.46. The van der Waals surface area contributed by atoms with E-state index in [4.69, 9.17) is 26.8 Å². The third kappa shape index (κ3) is 7.22. The van der Waals surface area contributed by atoms with Gasteiger partial charge in [0.1, 0.15) is 35.7 Å². The van der Waals surface area contributed by atoms with Gasteiger partial charge in [-0.2, -0.15) is 0 Å². The van der Waals surface area contributed by atoms with Crippen molar-refractivity contribution < 1.29 is 24.2 Å². The molecule has 1 fully saturated rings. The van der Waals surface area contributed by atoms with Crippen molar-refractivity contribution in [2.45, 2.75) is 45.6 Å². The number of hydrogen-bond donors (Lipinski definition) is 2. The molecule has 0 bridgehead atoms. The van der Waals surface area contributed by atoms with Crippen molar-refractivity contribution in [3.8, 4) is 17.2 Å². The number of amides is 1. The van der Waals surface area contributed by atoms with E-state index in [-0.39, 0.29) is 23.7 Å². The average molecular weight is 540 g/mol. The highest BCUT2D eigenvalue weighted by molar-refractivity contribution is 6.31. The summed E-state index contributed by atoms with van der Waals surface area (Å²) in [6, 6.07) is 10.1. The monoisotopic (exact) mass is 539 g/mol. The molecule has 3 N–H and O–H groups in total. The Morgan fingerprint density at radius 2 is 1.92 bits per heavy atom. The summed E-state index contributed by atoms with van der Waals surface area (Å²) in [7, 11) is 0. The number of ether oxygens (including phenoxy) is 2. The lowest BCUT2D eigenvalue weighted by atomic mass is 10.0. The molecule has 0 radical (unpaired) electrons. The fraction of sp³-hybridized carbons (Fsp3) is 0.414. The first kappa shape index (κ1) is 27.8. The number of halogens is 1. The minimum absolute atomic E-state index is 0.00643. The van der Waals surface area contributed by atoms with Gasteiger partial charge in [0.15, 0.2) is 0 Å². The molecule has 1 atom stereocenters. The summed E-state index contributed by atoms with van der Waals surface area (Å²) in [6.45, 7) is 6.14. The number of benzene rings is 2. The van der Waals surface area contributed by atoms with Crippen molar-refractivity contribution >= 4 is 34.2 Å². The van der Waals surface area contributed by atoms with Gasteiger partial charge in [0.25, 0.3) is 5.91 Å². The zero-order valence-electron chi connectivity index (χ0n) is 21.8. The van der Waals surface area contributed by atoms with Crippen LogP contribution in [0.3, 0.4) is 0 Å². The SMILES string of the molecule is CCN(CC)C[C@@H](O)COc1cc2nccc(Oc3ccc(CC(=O)CC4CC4)c(Cl)c3)c2cc1C(N)=O. The second-order valence-corrected chi connectivity index (χ2v) is 10.1. The van der Waals surface area contributed by atoms with Gasteiger partial charge in [-0.1, -0.05) is 31.5 Å². The van der Waals surface area contributed by atoms with Gasteiger partial charge in [0.2, 0.25) is 0 Å². The number of aromatic nitrogens is 1. The number of aliphatic hydroxyl groups excluding tert-OH is 1. The predicted octanol–water partition coefficient (Wildman–Crippen LogP) is 4.77. The number of rotatable bonds is 14. The molecule has 2 aromatic carbocycles. The van der Waals surface area contributed by atoms with Crippen LogP contribution in [0.5, 0.6) is 17.2 Å². The number of fused-ring (bicyclic) bond motifs is 1. The molecule has 202 valence electrons. The van der Waals surface area contributed by atoms with E-state index in [9.17, 15) is 14.7 Å². The largest absolute Gasteiger partial charge is 0.490 e. The summed E-state index contributed by atoms with van der Waals surface area (Å²) in [5, 5.41) is 11.4. The molecule has 4 rings (SSSR count). The van der Waals surface area contributed by atoms with Crippen LogP contribution < -0.4 is 15.2 Å². The number of nitrogens with zero attached hydrogens (tertiary/aromatic N) is 2. The third-order valence-electron chi connectivity index (χ3n) is 6.72. The van der Waals surface area contributed by atoms with Crippen molar-refractivity contribution in [2.24, 2.45) is 11.7 Å². The van der Waals surface area contributed by atoms with Gasteiger partial charge in [0.05, 0.1) is 11.1 Å². The predicted molar refractivity (Wildman–Crippen MR) is 147 cm³/mol. The first-order chi connectivity index (χ1) is 18.3. The standard InChI is InChI=1S/C29H34ClN3O5/c1-3-33(4-2)16-21(35)17-37-28-15-26-23(14-24(28)29(31)36)27(9-10-32-26)38-22-8-7-19(25(30)13-22)12-20(34)11-18-5-6-18/h7-10,13-15,18,21,35H,3-6,11-12,16-17H2,1-2H3,(H2,31,36)/t21-/m1/s1. The molecule has 1 aliphatic carbocycles. The number of primary amides is 1. The van der Waals surface area contributed by atoms with Gasteiger partial charge < -0.3 is 25.2 Å². The molecule has 0 aliphatic heterocycles. The summed E-state index contributed by atoms with van der Waals surface area (Å²) in [4.78, 5) is 31.0. The maximum atomic E-state index is 12.3. The Balaban J connectivity index is 1.52. The smallest absolute Gasteiger partial charge is 0.252 e. The number of likely N-dealkylation sites (N-methyl/N-ethyl adjacent to an activating group) is 1. The van der Waals surface area contributed by atoms with Gasteiger partial charge in [-0.05, 0) is 61.7 Å². The van der Waals surface area contributed by atoms with Crippen LogP contribution in [0.1, 0.15) is 49.0 Å². The maximum absolute atomic E-state index is 12.3. The molecule has 1 aliphatic rings. The molecule has 1 heterocycles. The number of carbonyl (C=O) groups excluding carboxylic acids is 2. The molecular weight excluding hydrogens is 506 g/mol. The second kappa shape index (κ2) is 12.6. The van der Waals surface area contributed by atoms with Crippen molar-refractivity contribution in [3.63, 3.8) is 0 Å². The van der Waals surface area contributed by atoms with Crippen molar-refractivity contribution in [2.75, 3.05) is 26.2 Å². The zero-order chi connectivity index (χ0) is 27.2. The first-order valence-electron chi connectivity index (χ1n) is 13.0. The van der Waals surface area contributed by atoms with Crippen LogP contribution >= 0.6 is 11.6 Å². The van der Waals surface area contributed by atoms with E-state index in [1.165, 1.54) is 0 Å². The molecule has 1 aromatic heterocycles. The Hall–Kier alpha value is -3.20.